The minimum Gasteiger partial charge on any atom is -0.371 e. The van der Waals surface area contributed by atoms with Crippen LogP contribution in [-0.4, -0.2) is 23.1 Å². The molecule has 2 aromatic carbocycles. The maximum atomic E-state index is 5.65. The van der Waals surface area contributed by atoms with Gasteiger partial charge >= 0.3 is 0 Å². The zero-order valence-electron chi connectivity index (χ0n) is 18.5. The first-order valence-corrected chi connectivity index (χ1v) is 11.8. The molecule has 1 aliphatic rings. The van der Waals surface area contributed by atoms with Crippen molar-refractivity contribution in [3.63, 3.8) is 0 Å². The summed E-state index contributed by atoms with van der Waals surface area (Å²) in [5.41, 5.74) is 11.2. The second-order valence-corrected chi connectivity index (χ2v) is 8.78. The molecule has 31 heavy (non-hydrogen) atoms. The fourth-order valence-electron chi connectivity index (χ4n) is 3.67. The van der Waals surface area contributed by atoms with Gasteiger partial charge in [-0.2, -0.15) is 0 Å². The maximum Gasteiger partial charge on any atom is 0.222 e. The van der Waals surface area contributed by atoms with Crippen molar-refractivity contribution >= 4 is 27.5 Å². The number of anilines is 1. The number of nitrogens with two attached hydrogens (primary N) is 1. The smallest absolute Gasteiger partial charge is 0.222 e. The van der Waals surface area contributed by atoms with Gasteiger partial charge in [0.25, 0.3) is 0 Å². The van der Waals surface area contributed by atoms with Gasteiger partial charge in [-0.15, -0.1) is 0 Å². The van der Waals surface area contributed by atoms with Gasteiger partial charge in [0.15, 0.2) is 0 Å². The predicted molar refractivity (Wildman–Crippen MR) is 134 cm³/mol. The third-order valence-corrected chi connectivity index (χ3v) is 6.38. The van der Waals surface area contributed by atoms with E-state index in [1.54, 1.807) is 0 Å². The summed E-state index contributed by atoms with van der Waals surface area (Å²) in [5.74, 6) is 0.794. The topological polar surface area (TPSA) is 55.3 Å². The van der Waals surface area contributed by atoms with Gasteiger partial charge in [-0.3, -0.25) is 0 Å². The van der Waals surface area contributed by atoms with Crippen LogP contribution >= 0.6 is 15.9 Å². The summed E-state index contributed by atoms with van der Waals surface area (Å²) < 4.78 is 6.10. The number of benzene rings is 2. The van der Waals surface area contributed by atoms with Crippen LogP contribution in [0.4, 0.5) is 5.88 Å². The number of likely N-dealkylation sites (tertiary alicyclic amines) is 1. The molecular formula is C26H32BrN3O. The van der Waals surface area contributed by atoms with Crippen molar-refractivity contribution in [1.29, 1.82) is 0 Å². The molecule has 0 radical (unpaired) electrons. The minimum absolute atomic E-state index is 0.389. The van der Waals surface area contributed by atoms with E-state index in [0.29, 0.717) is 11.8 Å². The van der Waals surface area contributed by atoms with Crippen LogP contribution in [0.25, 0.3) is 16.8 Å². The van der Waals surface area contributed by atoms with Crippen molar-refractivity contribution in [1.82, 2.24) is 10.1 Å². The second-order valence-electron chi connectivity index (χ2n) is 7.92. The average Bonchev–Trinajstić information content (AvgIpc) is 3.25. The third kappa shape index (κ3) is 6.01. The Morgan fingerprint density at radius 1 is 1.10 bits per heavy atom. The number of hydrogen-bond donors (Lipinski definition) is 1. The molecular weight excluding hydrogens is 450 g/mol. The molecule has 0 bridgehead atoms. The van der Waals surface area contributed by atoms with Crippen molar-refractivity contribution in [3.05, 3.63) is 76.9 Å². The Morgan fingerprint density at radius 3 is 2.32 bits per heavy atom. The Kier molecular flexibility index (Phi) is 8.35. The van der Waals surface area contributed by atoms with Crippen LogP contribution in [0.1, 0.15) is 56.7 Å². The molecule has 4 nitrogen and oxygen atoms in total. The monoisotopic (exact) mass is 481 g/mol. The molecule has 0 unspecified atom stereocenters. The lowest BCUT2D eigenvalue weighted by atomic mass is 9.92. The highest BCUT2D eigenvalue weighted by atomic mass is 79.9. The van der Waals surface area contributed by atoms with E-state index in [-0.39, 0.29) is 0 Å². The molecule has 164 valence electrons. The molecule has 2 heterocycles. The van der Waals surface area contributed by atoms with Crippen molar-refractivity contribution in [3.8, 4) is 11.1 Å². The number of nitrogen functional groups attached to an aromatic ring is 1. The number of nitrogens with zero attached hydrogens (tertiary/aromatic N) is 2. The first-order chi connectivity index (χ1) is 15.0. The molecule has 0 spiro atoms. The minimum atomic E-state index is 0.389. The van der Waals surface area contributed by atoms with Crippen LogP contribution in [-0.2, 0) is 0 Å². The lowest BCUT2D eigenvalue weighted by molar-refractivity contribution is 0.290. The molecule has 3 aromatic rings. The van der Waals surface area contributed by atoms with E-state index in [1.165, 1.54) is 24.0 Å². The first kappa shape index (κ1) is 23.1. The zero-order valence-corrected chi connectivity index (χ0v) is 20.1. The van der Waals surface area contributed by atoms with E-state index in [1.807, 2.05) is 12.1 Å². The number of unbranched alkanes of at least 4 members (excludes halogenated alkanes) is 1. The summed E-state index contributed by atoms with van der Waals surface area (Å²) in [5, 5.41) is 4.07. The van der Waals surface area contributed by atoms with E-state index in [0.717, 1.165) is 47.4 Å². The summed E-state index contributed by atoms with van der Waals surface area (Å²) in [6, 6.07) is 18.7. The van der Waals surface area contributed by atoms with Gasteiger partial charge in [-0.05, 0) is 35.6 Å². The molecule has 0 amide bonds. The summed E-state index contributed by atoms with van der Waals surface area (Å²) in [6.07, 6.45) is 4.68. The summed E-state index contributed by atoms with van der Waals surface area (Å²) in [7, 11) is 0. The molecule has 0 atom stereocenters. The van der Waals surface area contributed by atoms with Crippen molar-refractivity contribution < 1.29 is 4.52 Å². The summed E-state index contributed by atoms with van der Waals surface area (Å²) >= 11 is 3.73. The molecule has 5 heteroatoms. The summed E-state index contributed by atoms with van der Waals surface area (Å²) in [6.45, 7) is 10.6. The fourth-order valence-corrected chi connectivity index (χ4v) is 4.28. The van der Waals surface area contributed by atoms with Crippen molar-refractivity contribution in [2.24, 2.45) is 0 Å². The number of aromatic nitrogens is 1. The SMILES string of the molecule is C=C(c1ccc(-c2ccccc2)c(Br)c1)N1CCC(c2cc(N)on2)CC1.CCCC. The molecule has 1 saturated heterocycles. The Bertz CT molecular complexity index is 973. The van der Waals surface area contributed by atoms with Gasteiger partial charge in [-0.1, -0.05) is 96.8 Å². The zero-order chi connectivity index (χ0) is 22.2. The van der Waals surface area contributed by atoms with Crippen molar-refractivity contribution in [2.45, 2.75) is 45.4 Å². The van der Waals surface area contributed by atoms with Gasteiger partial charge in [0, 0.05) is 35.2 Å². The summed E-state index contributed by atoms with van der Waals surface area (Å²) in [4.78, 5) is 2.35. The van der Waals surface area contributed by atoms with Gasteiger partial charge in [0.1, 0.15) is 0 Å². The predicted octanol–water partition coefficient (Wildman–Crippen LogP) is 7.34. The Balaban J connectivity index is 0.000000628. The fraction of sp³-hybridized carbons (Fsp3) is 0.346. The van der Waals surface area contributed by atoms with Gasteiger partial charge in [0.05, 0.1) is 5.69 Å². The van der Waals surface area contributed by atoms with Gasteiger partial charge < -0.3 is 15.2 Å². The van der Waals surface area contributed by atoms with Crippen LogP contribution in [0.3, 0.4) is 0 Å². The number of halogens is 1. The number of rotatable bonds is 5. The van der Waals surface area contributed by atoms with Crippen LogP contribution in [0.2, 0.25) is 0 Å². The first-order valence-electron chi connectivity index (χ1n) is 11.0. The van der Waals surface area contributed by atoms with E-state index in [9.17, 15) is 0 Å². The molecule has 1 aromatic heterocycles. The van der Waals surface area contributed by atoms with Crippen molar-refractivity contribution in [2.75, 3.05) is 18.8 Å². The molecule has 1 aliphatic heterocycles. The van der Waals surface area contributed by atoms with Crippen LogP contribution in [0.15, 0.2) is 70.2 Å². The molecule has 4 rings (SSSR count). The van der Waals surface area contributed by atoms with E-state index in [2.05, 4.69) is 88.9 Å². The molecule has 2 N–H and O–H groups in total. The van der Waals surface area contributed by atoms with Crippen LogP contribution < -0.4 is 5.73 Å². The van der Waals surface area contributed by atoms with Crippen LogP contribution in [0, 0.1) is 0 Å². The maximum absolute atomic E-state index is 5.65. The second kappa shape index (κ2) is 11.2. The standard InChI is InChI=1S/C22H22BrN3O.C4H10/c1-15(26-11-9-17(10-12-26)21-14-22(24)27-25-21)18-7-8-19(20(23)13-18)16-5-3-2-4-6-16;1-3-4-2/h2-8,13-14,17H,1,9-12,24H2;3-4H2,1-2H3. The highest BCUT2D eigenvalue weighted by Gasteiger charge is 2.24. The lowest BCUT2D eigenvalue weighted by Crippen LogP contribution is -2.31. The Labute approximate surface area is 194 Å². The highest BCUT2D eigenvalue weighted by Crippen LogP contribution is 2.34. The quantitative estimate of drug-likeness (QED) is 0.413. The highest BCUT2D eigenvalue weighted by molar-refractivity contribution is 9.10. The number of hydrogen-bond acceptors (Lipinski definition) is 4. The number of piperidine rings is 1. The third-order valence-electron chi connectivity index (χ3n) is 5.73. The Morgan fingerprint density at radius 2 is 1.77 bits per heavy atom. The van der Waals surface area contributed by atoms with E-state index < -0.39 is 0 Å². The molecule has 1 fully saturated rings. The van der Waals surface area contributed by atoms with E-state index >= 15 is 0 Å². The largest absolute Gasteiger partial charge is 0.371 e. The molecule has 0 aliphatic carbocycles. The lowest BCUT2D eigenvalue weighted by Gasteiger charge is -2.34. The average molecular weight is 482 g/mol. The normalized spacial score (nSPS) is 14.1. The Hall–Kier alpha value is -2.53. The van der Waals surface area contributed by atoms with E-state index in [4.69, 9.17) is 10.3 Å². The van der Waals surface area contributed by atoms with Gasteiger partial charge in [0.2, 0.25) is 5.88 Å². The van der Waals surface area contributed by atoms with Crippen LogP contribution in [0.5, 0.6) is 0 Å². The molecule has 0 saturated carbocycles. The van der Waals surface area contributed by atoms with Gasteiger partial charge in [-0.25, -0.2) is 0 Å².